The molecule has 36 heavy (non-hydrogen) atoms. The van der Waals surface area contributed by atoms with Crippen molar-refractivity contribution in [2.45, 2.75) is 65.7 Å². The summed E-state index contributed by atoms with van der Waals surface area (Å²) in [4.78, 5) is 0. The minimum atomic E-state index is -1.73. The molecule has 0 atom stereocenters. The first-order chi connectivity index (χ1) is 17.0. The van der Waals surface area contributed by atoms with Gasteiger partial charge in [-0.15, -0.1) is 0 Å². The van der Waals surface area contributed by atoms with Crippen molar-refractivity contribution in [1.29, 1.82) is 0 Å². The first kappa shape index (κ1) is 27.6. The number of hydrazone groups is 2. The van der Waals surface area contributed by atoms with Crippen LogP contribution in [0.25, 0.3) is 0 Å². The van der Waals surface area contributed by atoms with Crippen LogP contribution in [0, 0.1) is 0 Å². The van der Waals surface area contributed by atoms with Gasteiger partial charge in [-0.1, -0.05) is 130 Å². The Labute approximate surface area is 220 Å². The van der Waals surface area contributed by atoms with Gasteiger partial charge in [0.25, 0.3) is 0 Å². The average molecular weight is 515 g/mol. The molecule has 0 aliphatic heterocycles. The van der Waals surface area contributed by atoms with Crippen LogP contribution in [-0.2, 0) is 13.1 Å². The van der Waals surface area contributed by atoms with Gasteiger partial charge in [-0.2, -0.15) is 10.2 Å². The Morgan fingerprint density at radius 3 is 1.39 bits per heavy atom. The molecule has 3 rings (SSSR count). The van der Waals surface area contributed by atoms with Crippen LogP contribution in [-0.4, -0.2) is 37.2 Å². The van der Waals surface area contributed by atoms with E-state index in [9.17, 15) is 0 Å². The number of benzene rings is 3. The molecule has 0 spiro atoms. The first-order valence-electron chi connectivity index (χ1n) is 12.8. The molecule has 0 saturated heterocycles. The summed E-state index contributed by atoms with van der Waals surface area (Å²) in [6, 6.07) is 31.9. The highest BCUT2D eigenvalue weighted by atomic mass is 28.3. The first-order valence-corrected chi connectivity index (χ1v) is 19.7. The molecule has 0 aliphatic rings. The molecule has 0 fully saturated rings. The average Bonchev–Trinajstić information content (AvgIpc) is 2.83. The van der Waals surface area contributed by atoms with Crippen LogP contribution in [0.1, 0.15) is 30.0 Å². The van der Waals surface area contributed by atoms with Gasteiger partial charge < -0.3 is 9.35 Å². The Bertz CT molecular complexity index is 1130. The highest BCUT2D eigenvalue weighted by Gasteiger charge is 2.25. The van der Waals surface area contributed by atoms with Crippen LogP contribution in [0.2, 0.25) is 39.3 Å². The summed E-state index contributed by atoms with van der Waals surface area (Å²) >= 11 is 0. The lowest BCUT2D eigenvalue weighted by Gasteiger charge is -2.33. The molecule has 0 heterocycles. The van der Waals surface area contributed by atoms with Gasteiger partial charge in [0, 0.05) is 12.1 Å². The molecule has 0 amide bonds. The molecule has 0 saturated carbocycles. The minimum Gasteiger partial charge on any atom is -0.320 e. The van der Waals surface area contributed by atoms with Gasteiger partial charge in [-0.25, -0.2) is 0 Å². The van der Waals surface area contributed by atoms with E-state index in [4.69, 9.17) is 10.2 Å². The highest BCUT2D eigenvalue weighted by molar-refractivity contribution is 6.73. The van der Waals surface area contributed by atoms with Crippen molar-refractivity contribution in [2.24, 2.45) is 10.2 Å². The van der Waals surface area contributed by atoms with Crippen molar-refractivity contribution in [3.63, 3.8) is 0 Å². The number of hydrogen-bond acceptors (Lipinski definition) is 4. The molecule has 0 aliphatic carbocycles. The Balaban J connectivity index is 1.95. The van der Waals surface area contributed by atoms with Crippen LogP contribution in [0.4, 0.5) is 0 Å². The fourth-order valence-corrected chi connectivity index (χ4v) is 6.02. The summed E-state index contributed by atoms with van der Waals surface area (Å²) in [5, 5.41) is 10.5. The lowest BCUT2D eigenvalue weighted by Crippen LogP contribution is -2.43. The van der Waals surface area contributed by atoms with Crippen molar-refractivity contribution >= 4 is 27.9 Å². The predicted octanol–water partition coefficient (Wildman–Crippen LogP) is 7.83. The molecule has 0 unspecified atom stereocenters. The quantitative estimate of drug-likeness (QED) is 0.148. The van der Waals surface area contributed by atoms with E-state index in [0.717, 1.165) is 36.5 Å². The van der Waals surface area contributed by atoms with Gasteiger partial charge in [0.15, 0.2) is 16.5 Å². The molecular formula is C30H42N4Si2. The van der Waals surface area contributed by atoms with Gasteiger partial charge in [-0.3, -0.25) is 0 Å². The summed E-state index contributed by atoms with van der Waals surface area (Å²) in [6.45, 7) is 17.9. The van der Waals surface area contributed by atoms with Crippen molar-refractivity contribution in [1.82, 2.24) is 9.35 Å². The molecule has 3 aromatic carbocycles. The zero-order valence-electron chi connectivity index (χ0n) is 23.1. The summed E-state index contributed by atoms with van der Waals surface area (Å²) in [6.07, 6.45) is 0.718. The molecule has 0 aromatic heterocycles. The fourth-order valence-electron chi connectivity index (χ4n) is 3.81. The van der Waals surface area contributed by atoms with E-state index in [1.807, 2.05) is 0 Å². The molecule has 0 radical (unpaired) electrons. The van der Waals surface area contributed by atoms with Crippen LogP contribution < -0.4 is 0 Å². The molecule has 0 N–H and O–H groups in total. The lowest BCUT2D eigenvalue weighted by molar-refractivity contribution is 0.440. The second kappa shape index (κ2) is 12.3. The highest BCUT2D eigenvalue weighted by Crippen LogP contribution is 2.19. The summed E-state index contributed by atoms with van der Waals surface area (Å²) in [5.41, 5.74) is 5.90. The van der Waals surface area contributed by atoms with E-state index in [-0.39, 0.29) is 0 Å². The third-order valence-electron chi connectivity index (χ3n) is 5.96. The van der Waals surface area contributed by atoms with Crippen LogP contribution in [0.5, 0.6) is 0 Å². The summed E-state index contributed by atoms with van der Waals surface area (Å²) < 4.78 is 4.68. The van der Waals surface area contributed by atoms with Gasteiger partial charge in [-0.05, 0) is 23.6 Å². The van der Waals surface area contributed by atoms with E-state index in [1.54, 1.807) is 0 Å². The third-order valence-corrected chi connectivity index (χ3v) is 9.58. The Hall–Kier alpha value is -2.97. The van der Waals surface area contributed by atoms with Gasteiger partial charge >= 0.3 is 0 Å². The smallest absolute Gasteiger partial charge is 0.169 e. The molecule has 3 aromatic rings. The van der Waals surface area contributed by atoms with E-state index in [0.29, 0.717) is 0 Å². The maximum absolute atomic E-state index is 5.33. The van der Waals surface area contributed by atoms with Gasteiger partial charge in [0.2, 0.25) is 0 Å². The maximum Gasteiger partial charge on any atom is 0.169 e. The van der Waals surface area contributed by atoms with Crippen LogP contribution in [0.15, 0.2) is 101 Å². The molecule has 6 heteroatoms. The normalized spacial score (nSPS) is 13.0. The second-order valence-corrected chi connectivity index (χ2v) is 21.1. The number of rotatable bonds is 11. The Kier molecular flexibility index (Phi) is 9.45. The summed E-state index contributed by atoms with van der Waals surface area (Å²) in [7, 11) is -3.40. The maximum atomic E-state index is 5.33. The predicted molar refractivity (Wildman–Crippen MR) is 161 cm³/mol. The zero-order chi connectivity index (χ0) is 26.2. The number of hydrogen-bond donors (Lipinski definition) is 0. The van der Waals surface area contributed by atoms with Gasteiger partial charge in [0.05, 0.1) is 18.8 Å². The van der Waals surface area contributed by atoms with Crippen molar-refractivity contribution in [3.8, 4) is 0 Å². The standard InChI is InChI=1S/C30H42N4Si2/c1-26(31-33(35(2,3)4)24-27-17-11-8-12-18-27)23-30(29-21-15-10-16-22-29)32-34(36(5,6)7)25-28-19-13-9-14-20-28/h8-22H,23-25H2,1-7H3/b31-26+,32-30+. The van der Waals surface area contributed by atoms with Crippen molar-refractivity contribution in [2.75, 3.05) is 0 Å². The van der Waals surface area contributed by atoms with E-state index < -0.39 is 16.5 Å². The van der Waals surface area contributed by atoms with Crippen LogP contribution >= 0.6 is 0 Å². The van der Waals surface area contributed by atoms with E-state index >= 15 is 0 Å². The topological polar surface area (TPSA) is 31.2 Å². The lowest BCUT2D eigenvalue weighted by atomic mass is 10.1. The molecular weight excluding hydrogens is 473 g/mol. The Morgan fingerprint density at radius 1 is 0.583 bits per heavy atom. The van der Waals surface area contributed by atoms with Crippen molar-refractivity contribution < 1.29 is 0 Å². The zero-order valence-corrected chi connectivity index (χ0v) is 25.1. The molecule has 4 nitrogen and oxygen atoms in total. The molecule has 190 valence electrons. The third kappa shape index (κ3) is 8.61. The fraction of sp³-hybridized carbons (Fsp3) is 0.333. The second-order valence-electron chi connectivity index (χ2n) is 11.4. The largest absolute Gasteiger partial charge is 0.320 e. The number of nitrogens with zero attached hydrogens (tertiary/aromatic N) is 4. The van der Waals surface area contributed by atoms with Gasteiger partial charge in [0.1, 0.15) is 0 Å². The SMILES string of the molecule is C/C(C/C(=N\N(Cc1ccccc1)[Si](C)(C)C)c1ccccc1)=N\N(Cc1ccccc1)[Si](C)(C)C. The monoisotopic (exact) mass is 514 g/mol. The molecule has 0 bridgehead atoms. The Morgan fingerprint density at radius 2 is 0.972 bits per heavy atom. The van der Waals surface area contributed by atoms with E-state index in [2.05, 4.69) is 147 Å². The summed E-state index contributed by atoms with van der Waals surface area (Å²) in [5.74, 6) is 0. The van der Waals surface area contributed by atoms with E-state index in [1.165, 1.54) is 11.1 Å². The van der Waals surface area contributed by atoms with Crippen LogP contribution in [0.3, 0.4) is 0 Å². The minimum absolute atomic E-state index is 0.718. The van der Waals surface area contributed by atoms with Crippen molar-refractivity contribution in [3.05, 3.63) is 108 Å².